The number of amides is 1. The first-order valence-corrected chi connectivity index (χ1v) is 7.62. The van der Waals surface area contributed by atoms with Gasteiger partial charge in [0.05, 0.1) is 5.39 Å². The smallest absolute Gasteiger partial charge is 0.256 e. The second-order valence-electron chi connectivity index (χ2n) is 5.35. The van der Waals surface area contributed by atoms with Crippen molar-refractivity contribution < 1.29 is 9.18 Å². The fraction of sp³-hybridized carbons (Fsp3) is 0.438. The molecule has 2 unspecified atom stereocenters. The van der Waals surface area contributed by atoms with Crippen molar-refractivity contribution in [3.63, 3.8) is 0 Å². The Hall–Kier alpha value is -2.44. The number of nitrogens with zero attached hydrogens (tertiary/aromatic N) is 3. The maximum Gasteiger partial charge on any atom is 0.256 e. The molecule has 6 nitrogen and oxygen atoms in total. The van der Waals surface area contributed by atoms with Crippen LogP contribution in [0.5, 0.6) is 0 Å². The predicted octanol–water partition coefficient (Wildman–Crippen LogP) is 2.52. The van der Waals surface area contributed by atoms with Gasteiger partial charge in [-0.3, -0.25) is 4.79 Å². The molecule has 2 aromatic rings. The van der Waals surface area contributed by atoms with Crippen molar-refractivity contribution in [3.05, 3.63) is 31.7 Å². The molecule has 7 heteroatoms. The van der Waals surface area contributed by atoms with Crippen LogP contribution >= 0.6 is 0 Å². The quantitative estimate of drug-likeness (QED) is 0.853. The number of H-pyrrole nitrogens is 1. The van der Waals surface area contributed by atoms with Crippen LogP contribution in [0.4, 0.5) is 10.2 Å². The second kappa shape index (κ2) is 7.71. The zero-order valence-corrected chi connectivity index (χ0v) is 13.3. The number of aromatic nitrogens is 3. The van der Waals surface area contributed by atoms with Crippen LogP contribution < -0.4 is 5.32 Å². The van der Waals surface area contributed by atoms with E-state index in [0.717, 1.165) is 29.7 Å². The molecule has 1 fully saturated rings. The second-order valence-corrected chi connectivity index (χ2v) is 5.35. The molecule has 2 N–H and O–H groups in total. The Balaban J connectivity index is 0.000000924. The fourth-order valence-corrected chi connectivity index (χ4v) is 2.73. The summed E-state index contributed by atoms with van der Waals surface area (Å²) in [5, 5.41) is 4.26. The van der Waals surface area contributed by atoms with Gasteiger partial charge >= 0.3 is 0 Å². The van der Waals surface area contributed by atoms with Gasteiger partial charge in [-0.25, -0.2) is 14.4 Å². The molecule has 2 atom stereocenters. The summed E-state index contributed by atoms with van der Waals surface area (Å²) in [5.74, 6) is 0.310. The third-order valence-electron chi connectivity index (χ3n) is 3.77. The number of nitrogens with one attached hydrogen (secondary N) is 2. The molecular formula is C16H22FN5O. The highest BCUT2D eigenvalue weighted by Gasteiger charge is 2.27. The summed E-state index contributed by atoms with van der Waals surface area (Å²) in [7, 11) is 0. The molecule has 3 rings (SSSR count). The Labute approximate surface area is 134 Å². The molecule has 1 aliphatic rings. The number of hydrogen-bond acceptors (Lipinski definition) is 4. The van der Waals surface area contributed by atoms with E-state index in [1.807, 2.05) is 12.3 Å². The zero-order valence-electron chi connectivity index (χ0n) is 13.3. The summed E-state index contributed by atoms with van der Waals surface area (Å²) in [6.45, 7) is 8.41. The van der Waals surface area contributed by atoms with Gasteiger partial charge in [0.15, 0.2) is 6.17 Å². The summed E-state index contributed by atoms with van der Waals surface area (Å²) in [6, 6.07) is 1.99. The Morgan fingerprint density at radius 2 is 2.30 bits per heavy atom. The van der Waals surface area contributed by atoms with Crippen LogP contribution in [0.25, 0.3) is 11.0 Å². The van der Waals surface area contributed by atoms with Crippen molar-refractivity contribution in [1.82, 2.24) is 19.9 Å². The van der Waals surface area contributed by atoms with Crippen LogP contribution in [0.3, 0.4) is 0 Å². The Morgan fingerprint density at radius 3 is 3.04 bits per heavy atom. The fourth-order valence-electron chi connectivity index (χ4n) is 2.73. The van der Waals surface area contributed by atoms with Gasteiger partial charge in [0.2, 0.25) is 0 Å². The molecule has 0 bridgehead atoms. The summed E-state index contributed by atoms with van der Waals surface area (Å²) in [5.41, 5.74) is 0.772. The minimum Gasteiger partial charge on any atom is -0.365 e. The van der Waals surface area contributed by atoms with Gasteiger partial charge in [0, 0.05) is 25.3 Å². The van der Waals surface area contributed by atoms with Crippen molar-refractivity contribution in [2.24, 2.45) is 0 Å². The van der Waals surface area contributed by atoms with E-state index in [-0.39, 0.29) is 6.04 Å². The van der Waals surface area contributed by atoms with E-state index in [9.17, 15) is 9.18 Å². The van der Waals surface area contributed by atoms with E-state index < -0.39 is 12.1 Å². The van der Waals surface area contributed by atoms with E-state index in [1.54, 1.807) is 4.90 Å². The molecule has 1 amide bonds. The van der Waals surface area contributed by atoms with E-state index >= 15 is 0 Å². The van der Waals surface area contributed by atoms with Gasteiger partial charge in [0.25, 0.3) is 5.91 Å². The van der Waals surface area contributed by atoms with Crippen LogP contribution in [-0.2, 0) is 4.79 Å². The number of anilines is 1. The topological polar surface area (TPSA) is 73.9 Å². The number of alkyl halides is 1. The maximum atomic E-state index is 13.2. The molecule has 0 aromatic carbocycles. The molecule has 2 aromatic heterocycles. The van der Waals surface area contributed by atoms with Crippen molar-refractivity contribution in [2.45, 2.75) is 32.0 Å². The van der Waals surface area contributed by atoms with Crippen LogP contribution in [0.1, 0.15) is 19.8 Å². The average Bonchev–Trinajstić information content (AvgIpc) is 3.06. The maximum absolute atomic E-state index is 13.2. The molecule has 0 saturated carbocycles. The number of carbonyl (C=O) groups is 1. The van der Waals surface area contributed by atoms with Gasteiger partial charge in [-0.05, 0) is 25.8 Å². The third kappa shape index (κ3) is 3.85. The number of aromatic amines is 1. The first-order chi connectivity index (χ1) is 11.1. The van der Waals surface area contributed by atoms with Crippen LogP contribution in [0, 0.1) is 0 Å². The lowest BCUT2D eigenvalue weighted by Gasteiger charge is -2.33. The van der Waals surface area contributed by atoms with Gasteiger partial charge in [0.1, 0.15) is 17.8 Å². The molecule has 3 heterocycles. The van der Waals surface area contributed by atoms with Gasteiger partial charge in [-0.15, -0.1) is 13.2 Å². The number of rotatable bonds is 3. The first kappa shape index (κ1) is 16.9. The average molecular weight is 319 g/mol. The molecule has 23 heavy (non-hydrogen) atoms. The first-order valence-electron chi connectivity index (χ1n) is 7.62. The standard InChI is InChI=1S/C14H18FN5O.C2H4/c1-9(15)14(21)20-6-2-3-10(7-20)19-13-11-4-5-16-12(11)17-8-18-13;1-2/h4-5,8-10H,2-3,6-7H2,1H3,(H2,16,17,18,19);1-2H2. The molecule has 1 saturated heterocycles. The molecule has 1 aliphatic heterocycles. The number of piperidine rings is 1. The van der Waals surface area contributed by atoms with E-state index in [1.165, 1.54) is 13.3 Å². The predicted molar refractivity (Wildman–Crippen MR) is 88.9 cm³/mol. The number of hydrogen-bond donors (Lipinski definition) is 2. The highest BCUT2D eigenvalue weighted by atomic mass is 19.1. The Bertz CT molecular complexity index is 657. The van der Waals surface area contributed by atoms with Crippen molar-refractivity contribution in [3.8, 4) is 0 Å². The summed E-state index contributed by atoms with van der Waals surface area (Å²) < 4.78 is 13.2. The molecule has 0 spiro atoms. The number of carbonyl (C=O) groups excluding carboxylic acids is 1. The summed E-state index contributed by atoms with van der Waals surface area (Å²) in [4.78, 5) is 24.8. The number of likely N-dealkylation sites (tertiary alicyclic amines) is 1. The minimum absolute atomic E-state index is 0.0782. The Kier molecular flexibility index (Phi) is 5.67. The molecule has 0 aliphatic carbocycles. The van der Waals surface area contributed by atoms with Gasteiger partial charge < -0.3 is 15.2 Å². The lowest BCUT2D eigenvalue weighted by Crippen LogP contribution is -2.47. The normalized spacial score (nSPS) is 18.9. The number of halogens is 1. The van der Waals surface area contributed by atoms with Crippen LogP contribution in [0.15, 0.2) is 31.7 Å². The largest absolute Gasteiger partial charge is 0.365 e. The summed E-state index contributed by atoms with van der Waals surface area (Å²) >= 11 is 0. The van der Waals surface area contributed by atoms with E-state index in [2.05, 4.69) is 33.4 Å². The van der Waals surface area contributed by atoms with E-state index in [4.69, 9.17) is 0 Å². The minimum atomic E-state index is -1.45. The van der Waals surface area contributed by atoms with Crippen molar-refractivity contribution in [2.75, 3.05) is 18.4 Å². The van der Waals surface area contributed by atoms with Gasteiger partial charge in [-0.1, -0.05) is 0 Å². The van der Waals surface area contributed by atoms with Crippen LogP contribution in [-0.4, -0.2) is 51.1 Å². The molecule has 0 radical (unpaired) electrons. The molecular weight excluding hydrogens is 297 g/mol. The van der Waals surface area contributed by atoms with Crippen LogP contribution in [0.2, 0.25) is 0 Å². The van der Waals surface area contributed by atoms with Crippen molar-refractivity contribution in [1.29, 1.82) is 0 Å². The van der Waals surface area contributed by atoms with Crippen molar-refractivity contribution >= 4 is 22.8 Å². The highest BCUT2D eigenvalue weighted by Crippen LogP contribution is 2.21. The third-order valence-corrected chi connectivity index (χ3v) is 3.77. The lowest BCUT2D eigenvalue weighted by atomic mass is 10.1. The van der Waals surface area contributed by atoms with Gasteiger partial charge in [-0.2, -0.15) is 0 Å². The number of fused-ring (bicyclic) bond motifs is 1. The zero-order chi connectivity index (χ0) is 16.8. The molecule has 124 valence electrons. The SMILES string of the molecule is C=C.CC(F)C(=O)N1CCCC(Nc2ncnc3[nH]ccc23)C1. The summed E-state index contributed by atoms with van der Waals surface area (Å²) in [6.07, 6.45) is 3.65. The highest BCUT2D eigenvalue weighted by molar-refractivity contribution is 5.86. The lowest BCUT2D eigenvalue weighted by molar-refractivity contribution is -0.136. The Morgan fingerprint density at radius 1 is 1.52 bits per heavy atom. The van der Waals surface area contributed by atoms with E-state index in [0.29, 0.717) is 13.1 Å². The monoisotopic (exact) mass is 319 g/mol.